The Morgan fingerprint density at radius 3 is 2.14 bits per heavy atom. The number of aryl methyl sites for hydroxylation is 1. The first-order valence-corrected chi connectivity index (χ1v) is 7.38. The summed E-state index contributed by atoms with van der Waals surface area (Å²) in [7, 11) is -4.34. The molecule has 0 atom stereocenters. The van der Waals surface area contributed by atoms with Crippen LogP contribution in [0.4, 0.5) is 17.6 Å². The van der Waals surface area contributed by atoms with Gasteiger partial charge in [0, 0.05) is 6.07 Å². The highest BCUT2D eigenvalue weighted by Gasteiger charge is 2.32. The van der Waals surface area contributed by atoms with Gasteiger partial charge in [-0.1, -0.05) is 17.7 Å². The minimum Gasteiger partial charge on any atom is -0.379 e. The van der Waals surface area contributed by atoms with Crippen LogP contribution in [0.15, 0.2) is 47.4 Å². The van der Waals surface area contributed by atoms with E-state index >= 15 is 0 Å². The van der Waals surface area contributed by atoms with Gasteiger partial charge in [-0.2, -0.15) is 21.6 Å². The molecule has 0 bridgehead atoms. The maximum absolute atomic E-state index is 13.2. The Morgan fingerprint density at radius 1 is 1.00 bits per heavy atom. The van der Waals surface area contributed by atoms with Gasteiger partial charge in [0.15, 0.2) is 0 Å². The van der Waals surface area contributed by atoms with Gasteiger partial charge in [0.25, 0.3) is 0 Å². The summed E-state index contributed by atoms with van der Waals surface area (Å²) in [5, 5.41) is 0. The van der Waals surface area contributed by atoms with Crippen molar-refractivity contribution in [3.05, 3.63) is 59.4 Å². The lowest BCUT2D eigenvalue weighted by Gasteiger charge is -2.11. The first-order chi connectivity index (χ1) is 10.1. The number of halogens is 4. The lowest BCUT2D eigenvalue weighted by molar-refractivity contribution is -0.137. The topological polar surface area (TPSA) is 43.4 Å². The molecular weight excluding hydrogens is 324 g/mol. The van der Waals surface area contributed by atoms with Gasteiger partial charge in [-0.3, -0.25) is 0 Å². The second kappa shape index (κ2) is 5.60. The molecule has 22 heavy (non-hydrogen) atoms. The number of hydrogen-bond donors (Lipinski definition) is 0. The van der Waals surface area contributed by atoms with Gasteiger partial charge in [0.1, 0.15) is 16.5 Å². The third-order valence-electron chi connectivity index (χ3n) is 2.71. The molecule has 0 heterocycles. The first kappa shape index (κ1) is 16.3. The summed E-state index contributed by atoms with van der Waals surface area (Å²) in [6.45, 7) is 1.74. The Labute approximate surface area is 124 Å². The second-order valence-corrected chi connectivity index (χ2v) is 6.07. The van der Waals surface area contributed by atoms with Crippen LogP contribution in [-0.4, -0.2) is 8.42 Å². The average Bonchev–Trinajstić information content (AvgIpc) is 2.36. The quantitative estimate of drug-likeness (QED) is 0.631. The van der Waals surface area contributed by atoms with Crippen molar-refractivity contribution in [2.45, 2.75) is 18.0 Å². The molecule has 2 aromatic rings. The average molecular weight is 334 g/mol. The Balaban J connectivity index is 2.38. The number of alkyl halides is 3. The predicted molar refractivity (Wildman–Crippen MR) is 70.4 cm³/mol. The molecule has 0 aliphatic heterocycles. The van der Waals surface area contributed by atoms with Crippen LogP contribution in [0.2, 0.25) is 0 Å². The Bertz CT molecular complexity index is 781. The van der Waals surface area contributed by atoms with Crippen LogP contribution in [-0.2, 0) is 16.3 Å². The largest absolute Gasteiger partial charge is 0.416 e. The third kappa shape index (κ3) is 3.76. The van der Waals surface area contributed by atoms with E-state index in [1.54, 1.807) is 6.92 Å². The zero-order valence-corrected chi connectivity index (χ0v) is 12.0. The van der Waals surface area contributed by atoms with Gasteiger partial charge in [-0.05, 0) is 31.2 Å². The minimum atomic E-state index is -4.81. The molecule has 8 heteroatoms. The Hall–Kier alpha value is -2.09. The molecule has 0 unspecified atom stereocenters. The molecule has 0 spiro atoms. The van der Waals surface area contributed by atoms with Crippen LogP contribution in [0, 0.1) is 12.7 Å². The normalized spacial score (nSPS) is 12.2. The fraction of sp³-hybridized carbons (Fsp3) is 0.143. The molecule has 2 rings (SSSR count). The van der Waals surface area contributed by atoms with Crippen LogP contribution >= 0.6 is 0 Å². The number of benzene rings is 2. The van der Waals surface area contributed by atoms with Gasteiger partial charge in [0.05, 0.1) is 5.56 Å². The van der Waals surface area contributed by atoms with E-state index in [0.29, 0.717) is 12.1 Å². The summed E-state index contributed by atoms with van der Waals surface area (Å²) in [5.74, 6) is -1.99. The number of rotatable bonds is 3. The monoisotopic (exact) mass is 334 g/mol. The first-order valence-electron chi connectivity index (χ1n) is 5.97. The van der Waals surface area contributed by atoms with E-state index in [4.69, 9.17) is 0 Å². The van der Waals surface area contributed by atoms with Crippen molar-refractivity contribution in [3.63, 3.8) is 0 Å². The summed E-state index contributed by atoms with van der Waals surface area (Å²) in [4.78, 5) is -0.240. The van der Waals surface area contributed by atoms with Gasteiger partial charge in [-0.25, -0.2) is 4.39 Å². The molecule has 3 nitrogen and oxygen atoms in total. The molecular formula is C14H10F4O3S. The van der Waals surface area contributed by atoms with Crippen molar-refractivity contribution in [2.75, 3.05) is 0 Å². The summed E-state index contributed by atoms with van der Waals surface area (Å²) < 4.78 is 79.4. The van der Waals surface area contributed by atoms with Crippen molar-refractivity contribution in [2.24, 2.45) is 0 Å². The highest BCUT2D eigenvalue weighted by Crippen LogP contribution is 2.33. The number of hydrogen-bond acceptors (Lipinski definition) is 3. The highest BCUT2D eigenvalue weighted by molar-refractivity contribution is 7.87. The molecule has 0 amide bonds. The highest BCUT2D eigenvalue weighted by atomic mass is 32.2. The molecule has 118 valence electrons. The van der Waals surface area contributed by atoms with E-state index < -0.39 is 33.4 Å². The van der Waals surface area contributed by atoms with Crippen LogP contribution in [0.3, 0.4) is 0 Å². The van der Waals surface area contributed by atoms with Gasteiger partial charge in [-0.15, -0.1) is 0 Å². The SMILES string of the molecule is Cc1ccc(S(=O)(=O)Oc2cc(F)cc(C(F)(F)F)c2)cc1. The predicted octanol–water partition coefficient (Wildman–Crippen LogP) is 3.92. The van der Waals surface area contributed by atoms with Crippen molar-refractivity contribution in [1.29, 1.82) is 0 Å². The van der Waals surface area contributed by atoms with Gasteiger partial charge < -0.3 is 4.18 Å². The molecule has 0 aromatic heterocycles. The molecule has 2 aromatic carbocycles. The molecule has 0 radical (unpaired) electrons. The Kier molecular flexibility index (Phi) is 4.15. The lowest BCUT2D eigenvalue weighted by atomic mass is 10.2. The smallest absolute Gasteiger partial charge is 0.379 e. The molecule has 0 aliphatic rings. The summed E-state index contributed by atoms with van der Waals surface area (Å²) in [5.41, 5.74) is -0.536. The van der Waals surface area contributed by atoms with Gasteiger partial charge >= 0.3 is 16.3 Å². The molecule has 0 fully saturated rings. The van der Waals surface area contributed by atoms with E-state index in [9.17, 15) is 26.0 Å². The van der Waals surface area contributed by atoms with Crippen molar-refractivity contribution in [3.8, 4) is 5.75 Å². The lowest BCUT2D eigenvalue weighted by Crippen LogP contribution is -2.11. The van der Waals surface area contributed by atoms with E-state index in [2.05, 4.69) is 4.18 Å². The molecule has 0 saturated heterocycles. The standard InChI is InChI=1S/C14H10F4O3S/c1-9-2-4-13(5-3-9)22(19,20)21-12-7-10(14(16,17)18)6-11(15)8-12/h2-8H,1H3. The molecule has 0 aliphatic carbocycles. The summed E-state index contributed by atoms with van der Waals surface area (Å²) in [6, 6.07) is 6.75. The van der Waals surface area contributed by atoms with E-state index in [1.165, 1.54) is 24.3 Å². The third-order valence-corrected chi connectivity index (χ3v) is 3.98. The maximum atomic E-state index is 13.2. The molecule has 0 saturated carbocycles. The van der Waals surface area contributed by atoms with Crippen LogP contribution < -0.4 is 4.18 Å². The van der Waals surface area contributed by atoms with E-state index in [-0.39, 0.29) is 11.0 Å². The zero-order valence-electron chi connectivity index (χ0n) is 11.2. The fourth-order valence-electron chi connectivity index (χ4n) is 1.65. The second-order valence-electron chi connectivity index (χ2n) is 4.52. The fourth-order valence-corrected chi connectivity index (χ4v) is 2.57. The van der Waals surface area contributed by atoms with Crippen molar-refractivity contribution < 1.29 is 30.2 Å². The van der Waals surface area contributed by atoms with Crippen molar-refractivity contribution >= 4 is 10.1 Å². The van der Waals surface area contributed by atoms with Crippen LogP contribution in [0.5, 0.6) is 5.75 Å². The Morgan fingerprint density at radius 2 is 1.59 bits per heavy atom. The zero-order chi connectivity index (χ0) is 16.5. The van der Waals surface area contributed by atoms with Crippen LogP contribution in [0.1, 0.15) is 11.1 Å². The minimum absolute atomic E-state index is 0.240. The van der Waals surface area contributed by atoms with E-state index in [1.807, 2.05) is 0 Å². The van der Waals surface area contributed by atoms with Gasteiger partial charge in [0.2, 0.25) is 0 Å². The van der Waals surface area contributed by atoms with E-state index in [0.717, 1.165) is 5.56 Å². The van der Waals surface area contributed by atoms with Crippen LogP contribution in [0.25, 0.3) is 0 Å². The molecule has 0 N–H and O–H groups in total. The van der Waals surface area contributed by atoms with Crippen molar-refractivity contribution in [1.82, 2.24) is 0 Å². The summed E-state index contributed by atoms with van der Waals surface area (Å²) in [6.07, 6.45) is -4.81. The maximum Gasteiger partial charge on any atom is 0.416 e. The summed E-state index contributed by atoms with van der Waals surface area (Å²) >= 11 is 0.